The van der Waals surface area contributed by atoms with Crippen molar-refractivity contribution >= 4 is 11.3 Å². The number of rotatable bonds is 3. The van der Waals surface area contributed by atoms with Crippen molar-refractivity contribution in [1.29, 1.82) is 0 Å². The van der Waals surface area contributed by atoms with Crippen molar-refractivity contribution in [3.8, 4) is 0 Å². The third kappa shape index (κ3) is 2.33. The molecule has 0 radical (unpaired) electrons. The van der Waals surface area contributed by atoms with Crippen LogP contribution in [0.25, 0.3) is 0 Å². The molecule has 2 heteroatoms. The van der Waals surface area contributed by atoms with Gasteiger partial charge in [-0.05, 0) is 36.8 Å². The van der Waals surface area contributed by atoms with E-state index in [-0.39, 0.29) is 6.04 Å². The molecule has 0 spiro atoms. The number of hydrogen-bond acceptors (Lipinski definition) is 2. The summed E-state index contributed by atoms with van der Waals surface area (Å²) in [6.07, 6.45) is 7.84. The number of aryl methyl sites for hydroxylation is 1. The molecule has 1 unspecified atom stereocenters. The fourth-order valence-corrected chi connectivity index (χ4v) is 3.90. The van der Waals surface area contributed by atoms with Gasteiger partial charge >= 0.3 is 0 Å². The van der Waals surface area contributed by atoms with Crippen LogP contribution in [0, 0.1) is 5.41 Å². The topological polar surface area (TPSA) is 26.0 Å². The van der Waals surface area contributed by atoms with Crippen molar-refractivity contribution in [3.05, 3.63) is 21.9 Å². The minimum atomic E-state index is 0.248. The lowest BCUT2D eigenvalue weighted by Crippen LogP contribution is -2.33. The van der Waals surface area contributed by atoms with Crippen LogP contribution >= 0.6 is 11.3 Å². The Morgan fingerprint density at radius 2 is 2.00 bits per heavy atom. The summed E-state index contributed by atoms with van der Waals surface area (Å²) in [5.74, 6) is 0. The molecule has 0 saturated heterocycles. The molecule has 2 rings (SSSR count). The predicted octanol–water partition coefficient (Wildman–Crippen LogP) is 4.28. The Hall–Kier alpha value is -0.340. The van der Waals surface area contributed by atoms with Crippen molar-refractivity contribution in [1.82, 2.24) is 0 Å². The van der Waals surface area contributed by atoms with Crippen molar-refractivity contribution in [2.75, 3.05) is 0 Å². The van der Waals surface area contributed by atoms with Gasteiger partial charge in [0, 0.05) is 15.8 Å². The van der Waals surface area contributed by atoms with Gasteiger partial charge in [-0.3, -0.25) is 0 Å². The van der Waals surface area contributed by atoms with Crippen LogP contribution < -0.4 is 5.73 Å². The molecule has 1 fully saturated rings. The minimum absolute atomic E-state index is 0.248. The van der Waals surface area contributed by atoms with Gasteiger partial charge in [0.05, 0.1) is 0 Å². The molecule has 1 heterocycles. The summed E-state index contributed by atoms with van der Waals surface area (Å²) in [6, 6.07) is 4.73. The molecule has 1 aliphatic carbocycles. The Labute approximate surface area is 103 Å². The molecule has 0 amide bonds. The SMILES string of the molecule is CCc1ccc(C(N)C2(C)CCCCC2)s1. The third-order valence-corrected chi connectivity index (χ3v) is 5.40. The maximum absolute atomic E-state index is 6.48. The molecule has 0 aromatic carbocycles. The van der Waals surface area contributed by atoms with Gasteiger partial charge in [0.25, 0.3) is 0 Å². The molecule has 0 aliphatic heterocycles. The molecule has 1 aromatic rings. The molecule has 1 aromatic heterocycles. The summed E-state index contributed by atoms with van der Waals surface area (Å²) in [7, 11) is 0. The van der Waals surface area contributed by atoms with Crippen LogP contribution in [0.2, 0.25) is 0 Å². The largest absolute Gasteiger partial charge is 0.323 e. The van der Waals surface area contributed by atoms with E-state index in [4.69, 9.17) is 5.73 Å². The zero-order valence-electron chi connectivity index (χ0n) is 10.5. The Bertz CT molecular complexity index is 336. The van der Waals surface area contributed by atoms with Crippen LogP contribution in [0.4, 0.5) is 0 Å². The smallest absolute Gasteiger partial charge is 0.0444 e. The Balaban J connectivity index is 2.13. The van der Waals surface area contributed by atoms with Crippen LogP contribution in [0.1, 0.15) is 61.7 Å². The average molecular weight is 237 g/mol. The van der Waals surface area contributed by atoms with Gasteiger partial charge in [0.15, 0.2) is 0 Å². The van der Waals surface area contributed by atoms with Crippen molar-refractivity contribution < 1.29 is 0 Å². The Morgan fingerprint density at radius 1 is 1.31 bits per heavy atom. The third-order valence-electron chi connectivity index (χ3n) is 4.08. The van der Waals surface area contributed by atoms with Gasteiger partial charge < -0.3 is 5.73 Å². The summed E-state index contributed by atoms with van der Waals surface area (Å²) >= 11 is 1.91. The van der Waals surface area contributed by atoms with Gasteiger partial charge in [-0.15, -0.1) is 11.3 Å². The van der Waals surface area contributed by atoms with Crippen LogP contribution in [0.5, 0.6) is 0 Å². The molecule has 1 aliphatic rings. The van der Waals surface area contributed by atoms with E-state index < -0.39 is 0 Å². The first kappa shape index (κ1) is 12.1. The summed E-state index contributed by atoms with van der Waals surface area (Å²) in [5.41, 5.74) is 6.82. The highest BCUT2D eigenvalue weighted by Gasteiger charge is 2.34. The van der Waals surface area contributed by atoms with Crippen molar-refractivity contribution in [3.63, 3.8) is 0 Å². The Morgan fingerprint density at radius 3 is 2.56 bits per heavy atom. The number of thiophene rings is 1. The van der Waals surface area contributed by atoms with Crippen LogP contribution in [0.3, 0.4) is 0 Å². The predicted molar refractivity (Wildman–Crippen MR) is 71.8 cm³/mol. The second-order valence-corrected chi connectivity index (χ2v) is 6.55. The van der Waals surface area contributed by atoms with E-state index in [2.05, 4.69) is 26.0 Å². The highest BCUT2D eigenvalue weighted by Crippen LogP contribution is 2.45. The van der Waals surface area contributed by atoms with Gasteiger partial charge in [-0.2, -0.15) is 0 Å². The van der Waals surface area contributed by atoms with E-state index in [0.29, 0.717) is 5.41 Å². The second kappa shape index (κ2) is 4.89. The molecule has 1 atom stereocenters. The first-order chi connectivity index (χ1) is 7.65. The first-order valence-electron chi connectivity index (χ1n) is 6.50. The fraction of sp³-hybridized carbons (Fsp3) is 0.714. The molecule has 1 saturated carbocycles. The Kier molecular flexibility index (Phi) is 3.70. The number of nitrogens with two attached hydrogens (primary N) is 1. The highest BCUT2D eigenvalue weighted by atomic mass is 32.1. The van der Waals surface area contributed by atoms with E-state index >= 15 is 0 Å². The average Bonchev–Trinajstić information content (AvgIpc) is 2.77. The van der Waals surface area contributed by atoms with E-state index in [0.717, 1.165) is 6.42 Å². The molecule has 1 nitrogen and oxygen atoms in total. The summed E-state index contributed by atoms with van der Waals surface area (Å²) < 4.78 is 0. The highest BCUT2D eigenvalue weighted by molar-refractivity contribution is 7.12. The first-order valence-corrected chi connectivity index (χ1v) is 7.31. The maximum Gasteiger partial charge on any atom is 0.0444 e. The molecule has 16 heavy (non-hydrogen) atoms. The van der Waals surface area contributed by atoms with Gasteiger partial charge in [-0.1, -0.05) is 33.1 Å². The zero-order chi connectivity index (χ0) is 11.6. The zero-order valence-corrected chi connectivity index (χ0v) is 11.3. The summed E-state index contributed by atoms with van der Waals surface area (Å²) in [4.78, 5) is 2.85. The van der Waals surface area contributed by atoms with E-state index in [1.54, 1.807) is 0 Å². The summed E-state index contributed by atoms with van der Waals surface area (Å²) in [6.45, 7) is 4.59. The normalized spacial score (nSPS) is 21.9. The van der Waals surface area contributed by atoms with Crippen molar-refractivity contribution in [2.45, 2.75) is 58.4 Å². The van der Waals surface area contributed by atoms with Crippen LogP contribution in [-0.2, 0) is 6.42 Å². The lowest BCUT2D eigenvalue weighted by Gasteiger charge is -2.38. The van der Waals surface area contributed by atoms with Gasteiger partial charge in [0.1, 0.15) is 0 Å². The van der Waals surface area contributed by atoms with Crippen molar-refractivity contribution in [2.24, 2.45) is 11.1 Å². The molecular weight excluding hydrogens is 214 g/mol. The van der Waals surface area contributed by atoms with E-state index in [1.165, 1.54) is 41.9 Å². The van der Waals surface area contributed by atoms with E-state index in [9.17, 15) is 0 Å². The maximum atomic E-state index is 6.48. The van der Waals surface area contributed by atoms with E-state index in [1.807, 2.05) is 11.3 Å². The molecule has 2 N–H and O–H groups in total. The van der Waals surface area contributed by atoms with Gasteiger partial charge in [0.2, 0.25) is 0 Å². The van der Waals surface area contributed by atoms with Crippen LogP contribution in [0.15, 0.2) is 12.1 Å². The summed E-state index contributed by atoms with van der Waals surface area (Å²) in [5, 5.41) is 0. The standard InChI is InChI=1S/C14H23NS/c1-3-11-7-8-12(16-11)13(15)14(2)9-5-4-6-10-14/h7-8,13H,3-6,9-10,15H2,1-2H3. The minimum Gasteiger partial charge on any atom is -0.323 e. The molecular formula is C14H23NS. The molecule has 90 valence electrons. The number of hydrogen-bond donors (Lipinski definition) is 1. The molecule has 0 bridgehead atoms. The lowest BCUT2D eigenvalue weighted by atomic mass is 9.70. The van der Waals surface area contributed by atoms with Crippen LogP contribution in [-0.4, -0.2) is 0 Å². The second-order valence-electron chi connectivity index (χ2n) is 5.35. The van der Waals surface area contributed by atoms with Gasteiger partial charge in [-0.25, -0.2) is 0 Å². The lowest BCUT2D eigenvalue weighted by molar-refractivity contribution is 0.172. The monoisotopic (exact) mass is 237 g/mol. The quantitative estimate of drug-likeness (QED) is 0.834. The fourth-order valence-electron chi connectivity index (χ4n) is 2.77.